The van der Waals surface area contributed by atoms with Crippen molar-refractivity contribution in [1.82, 2.24) is 9.88 Å². The number of likely N-dealkylation sites (tertiary alicyclic amines) is 1. The normalized spacial score (nSPS) is 16.5. The van der Waals surface area contributed by atoms with E-state index in [1.165, 1.54) is 5.56 Å². The highest BCUT2D eigenvalue weighted by Crippen LogP contribution is 2.20. The molecule has 0 radical (unpaired) electrons. The van der Waals surface area contributed by atoms with E-state index >= 15 is 0 Å². The lowest BCUT2D eigenvalue weighted by molar-refractivity contribution is 0.0188. The highest BCUT2D eigenvalue weighted by Gasteiger charge is 2.26. The number of carbonyl (C=O) groups excluding carboxylic acids is 1. The fourth-order valence-corrected chi connectivity index (χ4v) is 2.53. The molecular formula is C17H27N3O2. The molecule has 0 spiro atoms. The second-order valence-corrected chi connectivity index (χ2v) is 7.01. The number of anilines is 1. The van der Waals surface area contributed by atoms with Gasteiger partial charge in [-0.2, -0.15) is 0 Å². The second-order valence-electron chi connectivity index (χ2n) is 7.01. The summed E-state index contributed by atoms with van der Waals surface area (Å²) in [5.74, 6) is 1.50. The van der Waals surface area contributed by atoms with E-state index in [9.17, 15) is 4.79 Å². The van der Waals surface area contributed by atoms with Gasteiger partial charge < -0.3 is 15.0 Å². The number of rotatable bonds is 3. The first-order chi connectivity index (χ1) is 10.3. The van der Waals surface area contributed by atoms with Crippen LogP contribution in [0, 0.1) is 12.8 Å². The first-order valence-electron chi connectivity index (χ1n) is 7.98. The molecule has 1 fully saturated rings. The number of hydrogen-bond donors (Lipinski definition) is 1. The van der Waals surface area contributed by atoms with Gasteiger partial charge in [0.25, 0.3) is 0 Å². The first-order valence-corrected chi connectivity index (χ1v) is 7.98. The highest BCUT2D eigenvalue weighted by molar-refractivity contribution is 5.68. The molecule has 22 heavy (non-hydrogen) atoms. The van der Waals surface area contributed by atoms with Gasteiger partial charge in [0.2, 0.25) is 0 Å². The van der Waals surface area contributed by atoms with E-state index in [0.717, 1.165) is 38.3 Å². The van der Waals surface area contributed by atoms with Crippen LogP contribution < -0.4 is 5.32 Å². The van der Waals surface area contributed by atoms with Crippen LogP contribution in [0.3, 0.4) is 0 Å². The molecule has 1 amide bonds. The standard InChI is InChI=1S/C17H27N3O2/c1-13-5-8-18-15(11-13)19-12-14-6-9-20(10-7-14)16(21)22-17(2,3)4/h5,8,11,14H,6-7,9-10,12H2,1-4H3,(H,18,19). The summed E-state index contributed by atoms with van der Waals surface area (Å²) in [4.78, 5) is 18.1. The van der Waals surface area contributed by atoms with Crippen molar-refractivity contribution in [3.63, 3.8) is 0 Å². The Kier molecular flexibility index (Phi) is 5.27. The Bertz CT molecular complexity index is 503. The molecule has 1 aliphatic rings. The monoisotopic (exact) mass is 305 g/mol. The summed E-state index contributed by atoms with van der Waals surface area (Å²) in [6.07, 6.45) is 3.62. The first kappa shape index (κ1) is 16.6. The Labute approximate surface area is 133 Å². The Morgan fingerprint density at radius 2 is 2.09 bits per heavy atom. The molecule has 5 heteroatoms. The minimum atomic E-state index is -0.424. The number of nitrogens with one attached hydrogen (secondary N) is 1. The smallest absolute Gasteiger partial charge is 0.410 e. The molecule has 1 aromatic rings. The zero-order chi connectivity index (χ0) is 16.2. The third-order valence-electron chi connectivity index (χ3n) is 3.75. The molecule has 0 bridgehead atoms. The average Bonchev–Trinajstić information content (AvgIpc) is 2.44. The zero-order valence-electron chi connectivity index (χ0n) is 14.1. The Morgan fingerprint density at radius 3 is 2.68 bits per heavy atom. The van der Waals surface area contributed by atoms with E-state index in [-0.39, 0.29) is 6.09 Å². The predicted octanol–water partition coefficient (Wildman–Crippen LogP) is 3.45. The van der Waals surface area contributed by atoms with Crippen molar-refractivity contribution in [3.8, 4) is 0 Å². The summed E-state index contributed by atoms with van der Waals surface area (Å²) in [5.41, 5.74) is 0.782. The molecule has 2 rings (SSSR count). The third-order valence-corrected chi connectivity index (χ3v) is 3.75. The maximum atomic E-state index is 12.0. The number of ether oxygens (including phenoxy) is 1. The van der Waals surface area contributed by atoms with Gasteiger partial charge in [0.05, 0.1) is 0 Å². The van der Waals surface area contributed by atoms with Crippen LogP contribution in [0.25, 0.3) is 0 Å². The number of amides is 1. The van der Waals surface area contributed by atoms with Gasteiger partial charge in [0.15, 0.2) is 0 Å². The molecule has 122 valence electrons. The highest BCUT2D eigenvalue weighted by atomic mass is 16.6. The van der Waals surface area contributed by atoms with Gasteiger partial charge in [-0.1, -0.05) is 0 Å². The molecule has 2 heterocycles. The Balaban J connectivity index is 1.74. The summed E-state index contributed by atoms with van der Waals surface area (Å²) in [6.45, 7) is 10.2. The fraction of sp³-hybridized carbons (Fsp3) is 0.647. The summed E-state index contributed by atoms with van der Waals surface area (Å²) in [6, 6.07) is 4.04. The lowest BCUT2D eigenvalue weighted by Gasteiger charge is -2.33. The van der Waals surface area contributed by atoms with Crippen molar-refractivity contribution in [3.05, 3.63) is 23.9 Å². The Hall–Kier alpha value is -1.78. The molecule has 5 nitrogen and oxygen atoms in total. The lowest BCUT2D eigenvalue weighted by Crippen LogP contribution is -2.42. The fourth-order valence-electron chi connectivity index (χ4n) is 2.53. The van der Waals surface area contributed by atoms with Crippen LogP contribution in [-0.2, 0) is 4.74 Å². The Morgan fingerprint density at radius 1 is 1.41 bits per heavy atom. The van der Waals surface area contributed by atoms with Crippen LogP contribution in [-0.4, -0.2) is 41.2 Å². The number of carbonyl (C=O) groups is 1. The van der Waals surface area contributed by atoms with Gasteiger partial charge >= 0.3 is 6.09 Å². The maximum Gasteiger partial charge on any atom is 0.410 e. The number of aryl methyl sites for hydroxylation is 1. The van der Waals surface area contributed by atoms with Crippen LogP contribution in [0.5, 0.6) is 0 Å². The molecule has 1 saturated heterocycles. The maximum absolute atomic E-state index is 12.0. The van der Waals surface area contributed by atoms with E-state index < -0.39 is 5.60 Å². The topological polar surface area (TPSA) is 54.5 Å². The largest absolute Gasteiger partial charge is 0.444 e. The van der Waals surface area contributed by atoms with E-state index in [1.54, 1.807) is 0 Å². The molecule has 0 aromatic carbocycles. The van der Waals surface area contributed by atoms with Gasteiger partial charge in [0, 0.05) is 25.8 Å². The molecule has 0 unspecified atom stereocenters. The molecule has 0 atom stereocenters. The number of nitrogens with zero attached hydrogens (tertiary/aromatic N) is 2. The van der Waals surface area contributed by atoms with E-state index in [1.807, 2.05) is 37.9 Å². The van der Waals surface area contributed by atoms with Crippen molar-refractivity contribution >= 4 is 11.9 Å². The molecule has 1 N–H and O–H groups in total. The van der Waals surface area contributed by atoms with Crippen molar-refractivity contribution in [2.45, 2.75) is 46.1 Å². The van der Waals surface area contributed by atoms with Gasteiger partial charge in [-0.3, -0.25) is 0 Å². The number of pyridine rings is 1. The third kappa shape index (κ3) is 5.20. The molecule has 1 aromatic heterocycles. The lowest BCUT2D eigenvalue weighted by atomic mass is 9.97. The number of piperidine rings is 1. The van der Waals surface area contributed by atoms with Crippen LogP contribution in [0.4, 0.5) is 10.6 Å². The summed E-state index contributed by atoms with van der Waals surface area (Å²) >= 11 is 0. The van der Waals surface area contributed by atoms with Crippen LogP contribution >= 0.6 is 0 Å². The molecule has 0 aliphatic carbocycles. The number of aromatic nitrogens is 1. The molecule has 1 aliphatic heterocycles. The minimum Gasteiger partial charge on any atom is -0.444 e. The van der Waals surface area contributed by atoms with Gasteiger partial charge in [-0.05, 0) is 64.2 Å². The van der Waals surface area contributed by atoms with Gasteiger partial charge in [0.1, 0.15) is 11.4 Å². The van der Waals surface area contributed by atoms with Crippen molar-refractivity contribution in [2.75, 3.05) is 25.0 Å². The van der Waals surface area contributed by atoms with E-state index in [2.05, 4.69) is 23.3 Å². The van der Waals surface area contributed by atoms with Crippen molar-refractivity contribution in [1.29, 1.82) is 0 Å². The van der Waals surface area contributed by atoms with E-state index in [4.69, 9.17) is 4.74 Å². The van der Waals surface area contributed by atoms with Crippen molar-refractivity contribution in [2.24, 2.45) is 5.92 Å². The average molecular weight is 305 g/mol. The van der Waals surface area contributed by atoms with Crippen LogP contribution in [0.15, 0.2) is 18.3 Å². The van der Waals surface area contributed by atoms with Gasteiger partial charge in [-0.15, -0.1) is 0 Å². The van der Waals surface area contributed by atoms with Gasteiger partial charge in [-0.25, -0.2) is 9.78 Å². The summed E-state index contributed by atoms with van der Waals surface area (Å²) in [5, 5.41) is 3.39. The minimum absolute atomic E-state index is 0.195. The van der Waals surface area contributed by atoms with Crippen LogP contribution in [0.2, 0.25) is 0 Å². The summed E-state index contributed by atoms with van der Waals surface area (Å²) < 4.78 is 5.42. The zero-order valence-corrected chi connectivity index (χ0v) is 14.1. The van der Waals surface area contributed by atoms with E-state index in [0.29, 0.717) is 5.92 Å². The predicted molar refractivity (Wildman–Crippen MR) is 88.0 cm³/mol. The SMILES string of the molecule is Cc1ccnc(NCC2CCN(C(=O)OC(C)(C)C)CC2)c1. The summed E-state index contributed by atoms with van der Waals surface area (Å²) in [7, 11) is 0. The second kappa shape index (κ2) is 6.99. The van der Waals surface area contributed by atoms with Crippen LogP contribution in [0.1, 0.15) is 39.2 Å². The molecule has 0 saturated carbocycles. The number of hydrogen-bond acceptors (Lipinski definition) is 4. The molecular weight excluding hydrogens is 278 g/mol. The quantitative estimate of drug-likeness (QED) is 0.929. The van der Waals surface area contributed by atoms with Crippen molar-refractivity contribution < 1.29 is 9.53 Å².